The van der Waals surface area contributed by atoms with Gasteiger partial charge in [-0.15, -0.1) is 0 Å². The summed E-state index contributed by atoms with van der Waals surface area (Å²) >= 11 is 0. The molecule has 0 unspecified atom stereocenters. The molecule has 10 heteroatoms. The van der Waals surface area contributed by atoms with Gasteiger partial charge in [0.05, 0.1) is 0 Å². The lowest BCUT2D eigenvalue weighted by Gasteiger charge is -2.28. The van der Waals surface area contributed by atoms with E-state index in [1.807, 2.05) is 91.0 Å². The van der Waals surface area contributed by atoms with Crippen molar-refractivity contribution in [1.29, 1.82) is 0 Å². The Hall–Kier alpha value is -4.86. The first-order valence-corrected chi connectivity index (χ1v) is 14.9. The van der Waals surface area contributed by atoms with Crippen molar-refractivity contribution < 1.29 is 33.4 Å². The smallest absolute Gasteiger partial charge is 0.408 e. The van der Waals surface area contributed by atoms with Crippen LogP contribution in [0.5, 0.6) is 0 Å². The fraction of sp³-hybridized carbons (Fsp3) is 0.353. The third-order valence-corrected chi connectivity index (χ3v) is 7.24. The molecule has 44 heavy (non-hydrogen) atoms. The van der Waals surface area contributed by atoms with Crippen molar-refractivity contribution in [2.45, 2.75) is 64.0 Å². The third-order valence-electron chi connectivity index (χ3n) is 7.24. The van der Waals surface area contributed by atoms with Gasteiger partial charge in [-0.1, -0.05) is 91.0 Å². The van der Waals surface area contributed by atoms with Crippen LogP contribution >= 0.6 is 0 Å². The maximum Gasteiger partial charge on any atom is 0.408 e. The molecule has 1 fully saturated rings. The molecular formula is C34H39N3O7. The van der Waals surface area contributed by atoms with Gasteiger partial charge in [0, 0.05) is 13.1 Å². The molecule has 2 N–H and O–H groups in total. The second-order valence-electron chi connectivity index (χ2n) is 10.5. The highest BCUT2D eigenvalue weighted by molar-refractivity contribution is 5.90. The molecule has 0 bridgehead atoms. The second-order valence-corrected chi connectivity index (χ2v) is 10.5. The summed E-state index contributed by atoms with van der Waals surface area (Å²) in [6.45, 7) is 1.07. The minimum absolute atomic E-state index is 0.0563. The third kappa shape index (κ3) is 10.4. The Morgan fingerprint density at radius 1 is 0.705 bits per heavy atom. The van der Waals surface area contributed by atoms with Crippen molar-refractivity contribution in [2.75, 3.05) is 13.1 Å². The van der Waals surface area contributed by atoms with Gasteiger partial charge in [-0.05, 0) is 48.8 Å². The maximum atomic E-state index is 13.7. The van der Waals surface area contributed by atoms with Crippen LogP contribution in [-0.2, 0) is 43.6 Å². The number of alkyl carbamates (subject to hydrolysis) is 2. The SMILES string of the molecule is O=C(NCCCC[C@H](NC(=O)OCc1ccccc1)C(=O)N1CCC[C@H]1C(=O)OCc1ccccc1)OCc1ccccc1. The van der Waals surface area contributed by atoms with Crippen LogP contribution in [0.4, 0.5) is 9.59 Å². The number of hydrogen-bond donors (Lipinski definition) is 2. The molecule has 0 spiro atoms. The second kappa shape index (κ2) is 17.3. The average Bonchev–Trinajstić information content (AvgIpc) is 3.56. The van der Waals surface area contributed by atoms with Crippen molar-refractivity contribution in [3.8, 4) is 0 Å². The zero-order chi connectivity index (χ0) is 31.0. The van der Waals surface area contributed by atoms with Gasteiger partial charge in [0.1, 0.15) is 31.9 Å². The summed E-state index contributed by atoms with van der Waals surface area (Å²) in [5, 5.41) is 5.41. The van der Waals surface area contributed by atoms with E-state index in [1.54, 1.807) is 0 Å². The lowest BCUT2D eigenvalue weighted by Crippen LogP contribution is -2.52. The molecule has 4 rings (SSSR count). The largest absolute Gasteiger partial charge is 0.459 e. The zero-order valence-corrected chi connectivity index (χ0v) is 24.7. The van der Waals surface area contributed by atoms with E-state index in [1.165, 1.54) is 4.90 Å². The minimum Gasteiger partial charge on any atom is -0.459 e. The Morgan fingerprint density at radius 3 is 1.80 bits per heavy atom. The van der Waals surface area contributed by atoms with Crippen LogP contribution < -0.4 is 10.6 Å². The number of nitrogens with zero attached hydrogens (tertiary/aromatic N) is 1. The molecule has 0 saturated carbocycles. The molecule has 3 aromatic rings. The number of carbonyl (C=O) groups excluding carboxylic acids is 4. The number of rotatable bonds is 14. The summed E-state index contributed by atoms with van der Waals surface area (Å²) in [6, 6.07) is 26.3. The summed E-state index contributed by atoms with van der Waals surface area (Å²) in [4.78, 5) is 52.9. The van der Waals surface area contributed by atoms with Crippen LogP contribution in [0.15, 0.2) is 91.0 Å². The highest BCUT2D eigenvalue weighted by Gasteiger charge is 2.38. The molecule has 1 aliphatic heterocycles. The molecule has 10 nitrogen and oxygen atoms in total. The van der Waals surface area contributed by atoms with Gasteiger partial charge < -0.3 is 29.7 Å². The Kier molecular flexibility index (Phi) is 12.6. The molecule has 3 aromatic carbocycles. The molecule has 1 aliphatic rings. The van der Waals surface area contributed by atoms with Crippen molar-refractivity contribution in [3.63, 3.8) is 0 Å². The molecule has 2 atom stereocenters. The van der Waals surface area contributed by atoms with Gasteiger partial charge in [0.2, 0.25) is 5.91 Å². The molecule has 1 saturated heterocycles. The van der Waals surface area contributed by atoms with E-state index in [4.69, 9.17) is 14.2 Å². The van der Waals surface area contributed by atoms with E-state index in [0.717, 1.165) is 16.7 Å². The van der Waals surface area contributed by atoms with E-state index >= 15 is 0 Å². The molecule has 3 amide bonds. The Morgan fingerprint density at radius 2 is 1.23 bits per heavy atom. The van der Waals surface area contributed by atoms with E-state index in [9.17, 15) is 19.2 Å². The standard InChI is InChI=1S/C34H39N3O7/c38-31(37-22-12-20-30(37)32(39)42-23-26-13-4-1-5-14-26)29(36-34(41)44-25-28-17-8-3-9-18-28)19-10-11-21-35-33(40)43-24-27-15-6-2-7-16-27/h1-9,13-18,29-30H,10-12,19-25H2,(H,35,40)(H,36,41)/t29-,30-/m0/s1. The molecular weight excluding hydrogens is 562 g/mol. The van der Waals surface area contributed by atoms with Crippen LogP contribution in [0.1, 0.15) is 48.8 Å². The lowest BCUT2D eigenvalue weighted by molar-refractivity contribution is -0.155. The van der Waals surface area contributed by atoms with Crippen LogP contribution in [0, 0.1) is 0 Å². The predicted molar refractivity (Wildman–Crippen MR) is 163 cm³/mol. The van der Waals surface area contributed by atoms with Gasteiger partial charge in [0.25, 0.3) is 0 Å². The zero-order valence-electron chi connectivity index (χ0n) is 24.7. The first-order chi connectivity index (χ1) is 21.5. The Bertz CT molecular complexity index is 1340. The summed E-state index contributed by atoms with van der Waals surface area (Å²) in [6.07, 6.45) is 1.24. The van der Waals surface area contributed by atoms with Gasteiger partial charge >= 0.3 is 18.2 Å². The number of carbonyl (C=O) groups is 4. The lowest BCUT2D eigenvalue weighted by atomic mass is 10.1. The highest BCUT2D eigenvalue weighted by Crippen LogP contribution is 2.21. The monoisotopic (exact) mass is 601 g/mol. The summed E-state index contributed by atoms with van der Waals surface area (Å²) in [5.41, 5.74) is 2.56. The van der Waals surface area contributed by atoms with Gasteiger partial charge in [-0.25, -0.2) is 14.4 Å². The summed E-state index contributed by atoms with van der Waals surface area (Å²) in [5.74, 6) is -0.834. The molecule has 232 valence electrons. The van der Waals surface area contributed by atoms with Gasteiger partial charge in [-0.2, -0.15) is 0 Å². The number of hydrogen-bond acceptors (Lipinski definition) is 7. The number of ether oxygens (including phenoxy) is 3. The molecule has 0 aromatic heterocycles. The van der Waals surface area contributed by atoms with E-state index in [2.05, 4.69) is 10.6 Å². The Balaban J connectivity index is 1.29. The number of likely N-dealkylation sites (tertiary alicyclic amines) is 1. The maximum absolute atomic E-state index is 13.7. The number of unbranched alkanes of at least 4 members (excludes halogenated alkanes) is 1. The quantitative estimate of drug-likeness (QED) is 0.150. The van der Waals surface area contributed by atoms with Gasteiger partial charge in [0.15, 0.2) is 0 Å². The van der Waals surface area contributed by atoms with E-state index in [-0.39, 0.29) is 25.7 Å². The van der Waals surface area contributed by atoms with Crippen molar-refractivity contribution in [1.82, 2.24) is 15.5 Å². The normalized spacial score (nSPS) is 14.7. The number of nitrogens with one attached hydrogen (secondary N) is 2. The first kappa shape index (κ1) is 32.1. The molecule has 0 aliphatic carbocycles. The molecule has 1 heterocycles. The average molecular weight is 602 g/mol. The number of amides is 3. The Labute approximate surface area is 257 Å². The topological polar surface area (TPSA) is 123 Å². The number of esters is 1. The van der Waals surface area contributed by atoms with Crippen LogP contribution in [0.2, 0.25) is 0 Å². The van der Waals surface area contributed by atoms with Crippen LogP contribution in [0.25, 0.3) is 0 Å². The fourth-order valence-corrected chi connectivity index (χ4v) is 4.90. The predicted octanol–water partition coefficient (Wildman–Crippen LogP) is 5.11. The molecule has 0 radical (unpaired) electrons. The van der Waals surface area contributed by atoms with Crippen molar-refractivity contribution >= 4 is 24.1 Å². The first-order valence-electron chi connectivity index (χ1n) is 14.9. The van der Waals surface area contributed by atoms with E-state index in [0.29, 0.717) is 45.2 Å². The minimum atomic E-state index is -0.911. The fourth-order valence-electron chi connectivity index (χ4n) is 4.90. The number of benzene rings is 3. The van der Waals surface area contributed by atoms with Crippen LogP contribution in [0.3, 0.4) is 0 Å². The van der Waals surface area contributed by atoms with Gasteiger partial charge in [-0.3, -0.25) is 4.79 Å². The summed E-state index contributed by atoms with van der Waals surface area (Å²) < 4.78 is 16.1. The van der Waals surface area contributed by atoms with Crippen molar-refractivity contribution in [2.24, 2.45) is 0 Å². The summed E-state index contributed by atoms with van der Waals surface area (Å²) in [7, 11) is 0. The van der Waals surface area contributed by atoms with Crippen molar-refractivity contribution in [3.05, 3.63) is 108 Å². The van der Waals surface area contributed by atoms with E-state index < -0.39 is 30.2 Å². The highest BCUT2D eigenvalue weighted by atomic mass is 16.6. The van der Waals surface area contributed by atoms with Crippen LogP contribution in [-0.4, -0.2) is 54.1 Å².